The zero-order valence-electron chi connectivity index (χ0n) is 10.7. The lowest BCUT2D eigenvalue weighted by molar-refractivity contribution is 0.545. The van der Waals surface area contributed by atoms with E-state index in [2.05, 4.69) is 33.4 Å². The number of hydrogen-bond acceptors (Lipinski definition) is 5. The van der Waals surface area contributed by atoms with E-state index in [0.29, 0.717) is 6.04 Å². The molecule has 0 fully saturated rings. The van der Waals surface area contributed by atoms with E-state index in [-0.39, 0.29) is 0 Å². The molecule has 6 heteroatoms. The van der Waals surface area contributed by atoms with Crippen LogP contribution in [0.5, 0.6) is 0 Å². The van der Waals surface area contributed by atoms with E-state index in [1.165, 1.54) is 0 Å². The fourth-order valence-corrected chi connectivity index (χ4v) is 2.70. The van der Waals surface area contributed by atoms with E-state index in [4.69, 9.17) is 0 Å². The third-order valence-electron chi connectivity index (χ3n) is 3.00. The second-order valence-corrected chi connectivity index (χ2v) is 5.36. The van der Waals surface area contributed by atoms with E-state index in [1.807, 2.05) is 22.3 Å². The molecule has 1 N–H and O–H groups in total. The summed E-state index contributed by atoms with van der Waals surface area (Å²) in [7, 11) is 0. The molecule has 3 rings (SSSR count). The van der Waals surface area contributed by atoms with Crippen LogP contribution in [0.25, 0.3) is 10.2 Å². The molecule has 0 saturated carbocycles. The quantitative estimate of drug-likeness (QED) is 0.776. The molecule has 0 aliphatic heterocycles. The minimum Gasteiger partial charge on any atom is -0.367 e. The van der Waals surface area contributed by atoms with Crippen molar-refractivity contribution in [1.82, 2.24) is 19.7 Å². The van der Waals surface area contributed by atoms with Gasteiger partial charge in [0.05, 0.1) is 5.39 Å². The first-order valence-electron chi connectivity index (χ1n) is 6.25. The van der Waals surface area contributed by atoms with Crippen LogP contribution in [0.1, 0.15) is 13.3 Å². The highest BCUT2D eigenvalue weighted by Crippen LogP contribution is 2.24. The normalized spacial score (nSPS) is 12.7. The highest BCUT2D eigenvalue weighted by molar-refractivity contribution is 7.16. The molecule has 98 valence electrons. The van der Waals surface area contributed by atoms with Gasteiger partial charge in [0.15, 0.2) is 0 Å². The average molecular weight is 273 g/mol. The Morgan fingerprint density at radius 3 is 3.21 bits per heavy atom. The summed E-state index contributed by atoms with van der Waals surface area (Å²) in [5, 5.41) is 10.8. The molecule has 5 nitrogen and oxygen atoms in total. The highest BCUT2D eigenvalue weighted by atomic mass is 32.1. The fourth-order valence-electron chi connectivity index (χ4n) is 1.97. The van der Waals surface area contributed by atoms with Gasteiger partial charge in [-0.3, -0.25) is 4.68 Å². The molecule has 0 bridgehead atoms. The molecule has 0 radical (unpaired) electrons. The summed E-state index contributed by atoms with van der Waals surface area (Å²) >= 11 is 1.63. The Bertz CT molecular complexity index is 646. The zero-order chi connectivity index (χ0) is 13.1. The van der Waals surface area contributed by atoms with E-state index in [0.717, 1.165) is 29.0 Å². The molecule has 0 aromatic carbocycles. The summed E-state index contributed by atoms with van der Waals surface area (Å²) in [5.74, 6) is 0.916. The largest absolute Gasteiger partial charge is 0.367 e. The number of aryl methyl sites for hydroxylation is 1. The number of fused-ring (bicyclic) bond motifs is 1. The van der Waals surface area contributed by atoms with Crippen molar-refractivity contribution >= 4 is 27.4 Å². The number of rotatable bonds is 5. The average Bonchev–Trinajstić information content (AvgIpc) is 3.08. The number of anilines is 1. The molecule has 19 heavy (non-hydrogen) atoms. The summed E-state index contributed by atoms with van der Waals surface area (Å²) < 4.78 is 1.94. The van der Waals surface area contributed by atoms with E-state index >= 15 is 0 Å². The predicted molar refractivity (Wildman–Crippen MR) is 77.3 cm³/mol. The Kier molecular flexibility index (Phi) is 3.41. The molecule has 3 aromatic rings. The summed E-state index contributed by atoms with van der Waals surface area (Å²) in [4.78, 5) is 9.60. The van der Waals surface area contributed by atoms with Crippen LogP contribution in [0.3, 0.4) is 0 Å². The molecule has 1 unspecified atom stereocenters. The number of thiophene rings is 1. The molecular formula is C13H15N5S. The maximum atomic E-state index is 4.33. The Balaban J connectivity index is 1.65. The molecule has 0 aliphatic rings. The molecule has 0 saturated heterocycles. The maximum Gasteiger partial charge on any atom is 0.138 e. The lowest BCUT2D eigenvalue weighted by atomic mass is 10.2. The van der Waals surface area contributed by atoms with Crippen molar-refractivity contribution in [2.24, 2.45) is 0 Å². The molecular weight excluding hydrogens is 258 g/mol. The Morgan fingerprint density at radius 2 is 2.37 bits per heavy atom. The molecule has 0 spiro atoms. The first-order valence-corrected chi connectivity index (χ1v) is 7.13. The molecule has 0 aliphatic carbocycles. The Labute approximate surface area is 115 Å². The minimum atomic E-state index is 0.335. The van der Waals surface area contributed by atoms with E-state index in [1.54, 1.807) is 23.9 Å². The second-order valence-electron chi connectivity index (χ2n) is 4.46. The first-order chi connectivity index (χ1) is 9.33. The number of aromatic nitrogens is 4. The predicted octanol–water partition coefficient (Wildman–Crippen LogP) is 2.78. The minimum absolute atomic E-state index is 0.335. The van der Waals surface area contributed by atoms with Gasteiger partial charge < -0.3 is 5.32 Å². The molecule has 0 amide bonds. The number of hydrogen-bond donors (Lipinski definition) is 1. The number of nitrogens with one attached hydrogen (secondary N) is 1. The Morgan fingerprint density at radius 1 is 1.42 bits per heavy atom. The SMILES string of the molecule is CC(CCn1cccn1)Nc1ncnc2sccc12. The highest BCUT2D eigenvalue weighted by Gasteiger charge is 2.08. The van der Waals surface area contributed by atoms with Gasteiger partial charge >= 0.3 is 0 Å². The van der Waals surface area contributed by atoms with Crippen molar-refractivity contribution in [3.63, 3.8) is 0 Å². The van der Waals surface area contributed by atoms with Gasteiger partial charge in [0.2, 0.25) is 0 Å². The summed E-state index contributed by atoms with van der Waals surface area (Å²) in [6, 6.07) is 4.34. The van der Waals surface area contributed by atoms with Crippen molar-refractivity contribution in [2.75, 3.05) is 5.32 Å². The Hall–Kier alpha value is -1.95. The van der Waals surface area contributed by atoms with Crippen LogP contribution in [0.2, 0.25) is 0 Å². The smallest absolute Gasteiger partial charge is 0.138 e. The van der Waals surface area contributed by atoms with Crippen LogP contribution in [0.4, 0.5) is 5.82 Å². The van der Waals surface area contributed by atoms with Crippen molar-refractivity contribution < 1.29 is 0 Å². The van der Waals surface area contributed by atoms with Crippen molar-refractivity contribution in [3.05, 3.63) is 36.2 Å². The van der Waals surface area contributed by atoms with Gasteiger partial charge in [0.25, 0.3) is 0 Å². The summed E-state index contributed by atoms with van der Waals surface area (Å²) in [6.07, 6.45) is 6.39. The standard InChI is InChI=1S/C13H15N5S/c1-10(3-7-18-6-2-5-16-18)17-12-11-4-8-19-13(11)15-9-14-12/h2,4-6,8-10H,3,7H2,1H3,(H,14,15,17). The topological polar surface area (TPSA) is 55.6 Å². The van der Waals surface area contributed by atoms with Crippen LogP contribution in [0, 0.1) is 0 Å². The summed E-state index contributed by atoms with van der Waals surface area (Å²) in [5.41, 5.74) is 0. The van der Waals surface area contributed by atoms with Gasteiger partial charge in [-0.2, -0.15) is 5.10 Å². The lowest BCUT2D eigenvalue weighted by Crippen LogP contribution is -2.18. The van der Waals surface area contributed by atoms with Gasteiger partial charge in [-0.15, -0.1) is 11.3 Å². The van der Waals surface area contributed by atoms with Crippen LogP contribution >= 0.6 is 11.3 Å². The fraction of sp³-hybridized carbons (Fsp3) is 0.308. The van der Waals surface area contributed by atoms with Crippen LogP contribution in [0.15, 0.2) is 36.2 Å². The first kappa shape index (κ1) is 12.1. The third-order valence-corrected chi connectivity index (χ3v) is 3.82. The molecule has 3 heterocycles. The van der Waals surface area contributed by atoms with Gasteiger partial charge in [0, 0.05) is 25.0 Å². The van der Waals surface area contributed by atoms with Crippen LogP contribution in [-0.2, 0) is 6.54 Å². The summed E-state index contributed by atoms with van der Waals surface area (Å²) in [6.45, 7) is 3.06. The second kappa shape index (κ2) is 5.36. The van der Waals surface area contributed by atoms with Gasteiger partial charge in [0.1, 0.15) is 17.0 Å². The van der Waals surface area contributed by atoms with E-state index in [9.17, 15) is 0 Å². The van der Waals surface area contributed by atoms with Gasteiger partial charge in [-0.25, -0.2) is 9.97 Å². The van der Waals surface area contributed by atoms with Gasteiger partial charge in [-0.05, 0) is 30.9 Å². The zero-order valence-corrected chi connectivity index (χ0v) is 11.5. The molecule has 1 atom stereocenters. The monoisotopic (exact) mass is 273 g/mol. The lowest BCUT2D eigenvalue weighted by Gasteiger charge is -2.14. The van der Waals surface area contributed by atoms with E-state index < -0.39 is 0 Å². The van der Waals surface area contributed by atoms with Crippen molar-refractivity contribution in [3.8, 4) is 0 Å². The van der Waals surface area contributed by atoms with Gasteiger partial charge in [-0.1, -0.05) is 0 Å². The maximum absolute atomic E-state index is 4.33. The van der Waals surface area contributed by atoms with Crippen molar-refractivity contribution in [1.29, 1.82) is 0 Å². The molecule has 3 aromatic heterocycles. The van der Waals surface area contributed by atoms with Crippen LogP contribution in [-0.4, -0.2) is 25.8 Å². The number of nitrogens with zero attached hydrogens (tertiary/aromatic N) is 4. The third kappa shape index (κ3) is 2.73. The van der Waals surface area contributed by atoms with Crippen molar-refractivity contribution in [2.45, 2.75) is 25.9 Å². The van der Waals surface area contributed by atoms with Crippen LogP contribution < -0.4 is 5.32 Å².